The Labute approximate surface area is 177 Å². The van der Waals surface area contributed by atoms with Gasteiger partial charge in [-0.2, -0.15) is 5.26 Å². The van der Waals surface area contributed by atoms with E-state index in [1.54, 1.807) is 12.1 Å². The SMILES string of the molecule is CCCCCCc1cc2c(cc1F)-c1ccc(-c3ccc(C#N)c(F)c3)cc1CC2. The van der Waals surface area contributed by atoms with Crippen LogP contribution < -0.4 is 0 Å². The number of nitrogens with zero attached hydrogens (tertiary/aromatic N) is 1. The highest BCUT2D eigenvalue weighted by Gasteiger charge is 2.19. The van der Waals surface area contributed by atoms with Crippen molar-refractivity contribution in [3.63, 3.8) is 0 Å². The van der Waals surface area contributed by atoms with Crippen LogP contribution in [-0.4, -0.2) is 0 Å². The van der Waals surface area contributed by atoms with Crippen LogP contribution >= 0.6 is 0 Å². The van der Waals surface area contributed by atoms with Crippen LogP contribution in [0.4, 0.5) is 8.78 Å². The lowest BCUT2D eigenvalue weighted by Gasteiger charge is -2.22. The first-order valence-electron chi connectivity index (χ1n) is 10.8. The van der Waals surface area contributed by atoms with Crippen LogP contribution in [0.1, 0.15) is 54.9 Å². The zero-order chi connectivity index (χ0) is 21.1. The zero-order valence-corrected chi connectivity index (χ0v) is 17.3. The first-order valence-corrected chi connectivity index (χ1v) is 10.8. The largest absolute Gasteiger partial charge is 0.207 e. The van der Waals surface area contributed by atoms with E-state index in [1.165, 1.54) is 30.5 Å². The van der Waals surface area contributed by atoms with Gasteiger partial charge in [0.15, 0.2) is 0 Å². The fourth-order valence-corrected chi connectivity index (χ4v) is 4.36. The van der Waals surface area contributed by atoms with Crippen LogP contribution in [0.15, 0.2) is 48.5 Å². The van der Waals surface area contributed by atoms with Crippen molar-refractivity contribution in [3.8, 4) is 28.3 Å². The third-order valence-electron chi connectivity index (χ3n) is 6.05. The Balaban J connectivity index is 1.63. The Kier molecular flexibility index (Phi) is 5.95. The van der Waals surface area contributed by atoms with E-state index in [2.05, 4.69) is 19.1 Å². The van der Waals surface area contributed by atoms with Gasteiger partial charge in [-0.25, -0.2) is 8.78 Å². The van der Waals surface area contributed by atoms with Gasteiger partial charge in [0.25, 0.3) is 0 Å². The molecule has 0 radical (unpaired) electrons. The van der Waals surface area contributed by atoms with E-state index in [9.17, 15) is 8.78 Å². The van der Waals surface area contributed by atoms with Gasteiger partial charge in [-0.15, -0.1) is 0 Å². The number of fused-ring (bicyclic) bond motifs is 3. The predicted molar refractivity (Wildman–Crippen MR) is 117 cm³/mol. The Morgan fingerprint density at radius 3 is 2.27 bits per heavy atom. The number of nitriles is 1. The summed E-state index contributed by atoms with van der Waals surface area (Å²) in [6.45, 7) is 2.18. The van der Waals surface area contributed by atoms with Gasteiger partial charge in [0.05, 0.1) is 5.56 Å². The number of rotatable bonds is 6. The highest BCUT2D eigenvalue weighted by Crippen LogP contribution is 2.37. The molecule has 0 saturated heterocycles. The minimum Gasteiger partial charge on any atom is -0.207 e. The maximum absolute atomic E-state index is 14.8. The molecule has 152 valence electrons. The first kappa shape index (κ1) is 20.3. The number of unbranched alkanes of at least 4 members (excludes halogenated alkanes) is 3. The Bertz CT molecular complexity index is 1120. The van der Waals surface area contributed by atoms with E-state index in [4.69, 9.17) is 5.26 Å². The number of hydrogen-bond acceptors (Lipinski definition) is 1. The van der Waals surface area contributed by atoms with Gasteiger partial charge in [0.1, 0.15) is 17.7 Å². The quantitative estimate of drug-likeness (QED) is 0.395. The average molecular weight is 402 g/mol. The van der Waals surface area contributed by atoms with E-state index in [-0.39, 0.29) is 11.4 Å². The lowest BCUT2D eigenvalue weighted by Crippen LogP contribution is -2.06. The molecular formula is C27H25F2N. The molecule has 0 unspecified atom stereocenters. The molecule has 1 aliphatic rings. The molecule has 0 spiro atoms. The second-order valence-electron chi connectivity index (χ2n) is 8.09. The smallest absolute Gasteiger partial charge is 0.141 e. The van der Waals surface area contributed by atoms with Crippen LogP contribution in [0.2, 0.25) is 0 Å². The summed E-state index contributed by atoms with van der Waals surface area (Å²) in [5, 5.41) is 8.92. The molecule has 0 bridgehead atoms. The van der Waals surface area contributed by atoms with Crippen molar-refractivity contribution < 1.29 is 8.78 Å². The molecule has 0 fully saturated rings. The van der Waals surface area contributed by atoms with E-state index < -0.39 is 5.82 Å². The summed E-state index contributed by atoms with van der Waals surface area (Å²) in [6.07, 6.45) is 7.13. The minimum absolute atomic E-state index is 0.0478. The molecule has 30 heavy (non-hydrogen) atoms. The van der Waals surface area contributed by atoms with Gasteiger partial charge in [-0.1, -0.05) is 56.5 Å². The molecule has 1 nitrogen and oxygen atoms in total. The first-order chi connectivity index (χ1) is 14.6. The van der Waals surface area contributed by atoms with Crippen molar-refractivity contribution in [3.05, 3.63) is 82.4 Å². The molecule has 3 heteroatoms. The van der Waals surface area contributed by atoms with Crippen LogP contribution in [0.3, 0.4) is 0 Å². The van der Waals surface area contributed by atoms with Crippen molar-refractivity contribution in [2.75, 3.05) is 0 Å². The standard InChI is InChI=1S/C27H25F2N/c1-2-3-4-5-6-22-14-21-9-8-20-13-18(11-12-24(20)25(21)16-27(22)29)19-7-10-23(17-30)26(28)15-19/h7,10-16H,2-6,8-9H2,1H3. The lowest BCUT2D eigenvalue weighted by molar-refractivity contribution is 0.593. The second-order valence-corrected chi connectivity index (χ2v) is 8.09. The third-order valence-corrected chi connectivity index (χ3v) is 6.05. The van der Waals surface area contributed by atoms with Crippen molar-refractivity contribution in [2.24, 2.45) is 0 Å². The lowest BCUT2D eigenvalue weighted by atomic mass is 9.83. The van der Waals surface area contributed by atoms with Gasteiger partial charge in [-0.05, 0) is 82.8 Å². The van der Waals surface area contributed by atoms with Crippen LogP contribution in [0, 0.1) is 23.0 Å². The molecule has 0 N–H and O–H groups in total. The van der Waals surface area contributed by atoms with Crippen molar-refractivity contribution in [1.29, 1.82) is 5.26 Å². The van der Waals surface area contributed by atoms with Gasteiger partial charge in [0.2, 0.25) is 0 Å². The van der Waals surface area contributed by atoms with Crippen LogP contribution in [0.5, 0.6) is 0 Å². The Morgan fingerprint density at radius 1 is 0.800 bits per heavy atom. The highest BCUT2D eigenvalue weighted by molar-refractivity contribution is 5.77. The molecule has 0 aliphatic heterocycles. The molecule has 1 aliphatic carbocycles. The van der Waals surface area contributed by atoms with Gasteiger partial charge >= 0.3 is 0 Å². The predicted octanol–water partition coefficient (Wildman–Crippen LogP) is 7.39. The van der Waals surface area contributed by atoms with Crippen LogP contribution in [0.25, 0.3) is 22.3 Å². The number of hydrogen-bond donors (Lipinski definition) is 0. The molecule has 3 aromatic rings. The van der Waals surface area contributed by atoms with Gasteiger partial charge in [-0.3, -0.25) is 0 Å². The molecule has 0 aromatic heterocycles. The van der Waals surface area contributed by atoms with E-state index in [0.717, 1.165) is 65.5 Å². The summed E-state index contributed by atoms with van der Waals surface area (Å²) in [5.74, 6) is -0.622. The maximum Gasteiger partial charge on any atom is 0.141 e. The Hall–Kier alpha value is -2.99. The topological polar surface area (TPSA) is 23.8 Å². The number of halogens is 2. The van der Waals surface area contributed by atoms with Gasteiger partial charge in [0, 0.05) is 0 Å². The second kappa shape index (κ2) is 8.79. The van der Waals surface area contributed by atoms with Crippen LogP contribution in [-0.2, 0) is 19.3 Å². The summed E-state index contributed by atoms with van der Waals surface area (Å²) < 4.78 is 28.8. The number of benzene rings is 3. The minimum atomic E-state index is -0.508. The summed E-state index contributed by atoms with van der Waals surface area (Å²) in [4.78, 5) is 0. The molecule has 0 atom stereocenters. The van der Waals surface area contributed by atoms with E-state index in [1.807, 2.05) is 18.2 Å². The summed E-state index contributed by atoms with van der Waals surface area (Å²) in [5.41, 5.74) is 6.94. The summed E-state index contributed by atoms with van der Waals surface area (Å²) >= 11 is 0. The maximum atomic E-state index is 14.8. The fourth-order valence-electron chi connectivity index (χ4n) is 4.36. The molecule has 4 rings (SSSR count). The van der Waals surface area contributed by atoms with E-state index >= 15 is 0 Å². The molecular weight excluding hydrogens is 376 g/mol. The molecule has 3 aromatic carbocycles. The molecule has 0 amide bonds. The van der Waals surface area contributed by atoms with Gasteiger partial charge < -0.3 is 0 Å². The zero-order valence-electron chi connectivity index (χ0n) is 17.3. The Morgan fingerprint density at radius 2 is 1.53 bits per heavy atom. The number of aryl methyl sites for hydroxylation is 3. The molecule has 0 heterocycles. The van der Waals surface area contributed by atoms with Crippen molar-refractivity contribution in [2.45, 2.75) is 51.9 Å². The molecule has 0 saturated carbocycles. The summed E-state index contributed by atoms with van der Waals surface area (Å²) in [6, 6.07) is 16.3. The summed E-state index contributed by atoms with van der Waals surface area (Å²) in [7, 11) is 0. The van der Waals surface area contributed by atoms with Crippen molar-refractivity contribution in [1.82, 2.24) is 0 Å². The van der Waals surface area contributed by atoms with E-state index in [0.29, 0.717) is 0 Å². The van der Waals surface area contributed by atoms with Crippen molar-refractivity contribution >= 4 is 0 Å². The monoisotopic (exact) mass is 401 g/mol. The third kappa shape index (κ3) is 4.00. The average Bonchev–Trinajstić information content (AvgIpc) is 2.76. The highest BCUT2D eigenvalue weighted by atomic mass is 19.1. The fraction of sp³-hybridized carbons (Fsp3) is 0.296. The normalized spacial score (nSPS) is 12.2.